The summed E-state index contributed by atoms with van der Waals surface area (Å²) in [5.74, 6) is 1.59. The van der Waals surface area contributed by atoms with Gasteiger partial charge in [0, 0.05) is 5.56 Å². The van der Waals surface area contributed by atoms with E-state index < -0.39 is 0 Å². The Kier molecular flexibility index (Phi) is 5.54. The molecular formula is C22H24N2O2. The lowest BCUT2D eigenvalue weighted by Crippen LogP contribution is -2.02. The Hall–Kier alpha value is -2.85. The number of ether oxygens (including phenoxy) is 1. The minimum atomic E-state index is -0.157. The van der Waals surface area contributed by atoms with E-state index in [1.807, 2.05) is 38.1 Å². The van der Waals surface area contributed by atoms with Gasteiger partial charge in [0.05, 0.1) is 23.8 Å². The molecule has 0 aliphatic rings. The number of aromatic nitrogens is 2. The number of H-pyrrole nitrogens is 1. The van der Waals surface area contributed by atoms with Crippen molar-refractivity contribution in [2.45, 2.75) is 33.5 Å². The molecule has 1 aromatic carbocycles. The minimum Gasteiger partial charge on any atom is -0.467 e. The van der Waals surface area contributed by atoms with Crippen LogP contribution >= 0.6 is 0 Å². The number of aryl methyl sites for hydroxylation is 1. The molecule has 0 bridgehead atoms. The average Bonchev–Trinajstić information content (AvgIpc) is 3.28. The van der Waals surface area contributed by atoms with E-state index in [1.54, 1.807) is 6.26 Å². The third kappa shape index (κ3) is 4.41. The van der Waals surface area contributed by atoms with Gasteiger partial charge in [0.25, 0.3) is 0 Å². The highest BCUT2D eigenvalue weighted by Crippen LogP contribution is 2.29. The zero-order valence-corrected chi connectivity index (χ0v) is 15.5. The Balaban J connectivity index is 1.89. The van der Waals surface area contributed by atoms with Crippen LogP contribution in [0.5, 0.6) is 0 Å². The number of rotatable bonds is 7. The molecule has 2 aromatic heterocycles. The molecular weight excluding hydrogens is 324 g/mol. The summed E-state index contributed by atoms with van der Waals surface area (Å²) in [4.78, 5) is 8.15. The standard InChI is InChI=1S/C22H24N2O2/c1-15(2)7-12-20-23-21(17(4)26-14-19-6-5-13-25-19)22(24-20)18-10-8-16(3)9-11-18/h5-13,17H,1,14H2,2-4H3,(H,23,24)/b12-7-. The zero-order chi connectivity index (χ0) is 18.5. The lowest BCUT2D eigenvalue weighted by atomic mass is 10.1. The van der Waals surface area contributed by atoms with Gasteiger partial charge in [-0.15, -0.1) is 0 Å². The van der Waals surface area contributed by atoms with Crippen LogP contribution in [0.1, 0.15) is 42.8 Å². The van der Waals surface area contributed by atoms with E-state index in [0.29, 0.717) is 6.61 Å². The summed E-state index contributed by atoms with van der Waals surface area (Å²) in [6.07, 6.45) is 5.37. The first kappa shape index (κ1) is 18.0. The van der Waals surface area contributed by atoms with E-state index in [9.17, 15) is 0 Å². The van der Waals surface area contributed by atoms with Crippen molar-refractivity contribution in [2.75, 3.05) is 0 Å². The fourth-order valence-corrected chi connectivity index (χ4v) is 2.62. The van der Waals surface area contributed by atoms with E-state index in [4.69, 9.17) is 14.1 Å². The number of imidazole rings is 1. The van der Waals surface area contributed by atoms with Crippen molar-refractivity contribution in [2.24, 2.45) is 0 Å². The largest absolute Gasteiger partial charge is 0.467 e. The maximum absolute atomic E-state index is 5.99. The average molecular weight is 348 g/mol. The molecule has 1 atom stereocenters. The van der Waals surface area contributed by atoms with Crippen molar-refractivity contribution < 1.29 is 9.15 Å². The van der Waals surface area contributed by atoms with Crippen molar-refractivity contribution >= 4 is 6.08 Å². The summed E-state index contributed by atoms with van der Waals surface area (Å²) in [6, 6.07) is 12.1. The number of hydrogen-bond donors (Lipinski definition) is 1. The monoisotopic (exact) mass is 348 g/mol. The molecule has 4 heteroatoms. The second kappa shape index (κ2) is 8.02. The van der Waals surface area contributed by atoms with Crippen molar-refractivity contribution in [3.8, 4) is 11.3 Å². The molecule has 3 rings (SSSR count). The Morgan fingerprint density at radius 3 is 2.73 bits per heavy atom. The Morgan fingerprint density at radius 1 is 1.31 bits per heavy atom. The highest BCUT2D eigenvalue weighted by Gasteiger charge is 2.18. The molecule has 1 N–H and O–H groups in total. The number of hydrogen-bond acceptors (Lipinski definition) is 3. The molecule has 4 nitrogen and oxygen atoms in total. The van der Waals surface area contributed by atoms with Crippen LogP contribution in [0.15, 0.2) is 65.3 Å². The lowest BCUT2D eigenvalue weighted by molar-refractivity contribution is 0.0400. The van der Waals surface area contributed by atoms with Gasteiger partial charge < -0.3 is 14.1 Å². The predicted molar refractivity (Wildman–Crippen MR) is 105 cm³/mol. The molecule has 0 radical (unpaired) electrons. The fourth-order valence-electron chi connectivity index (χ4n) is 2.62. The third-order valence-electron chi connectivity index (χ3n) is 4.06. The molecule has 0 amide bonds. The quantitative estimate of drug-likeness (QED) is 0.545. The number of nitrogens with zero attached hydrogens (tertiary/aromatic N) is 1. The SMILES string of the molecule is C=C(C)/C=C\c1nc(-c2ccc(C)cc2)c(C(C)OCc2ccco2)[nH]1. The molecule has 0 aliphatic carbocycles. The number of aromatic amines is 1. The van der Waals surface area contributed by atoms with Crippen molar-refractivity contribution in [3.05, 3.63) is 83.7 Å². The van der Waals surface area contributed by atoms with Gasteiger partial charge in [-0.3, -0.25) is 0 Å². The van der Waals surface area contributed by atoms with Crippen LogP contribution in [0.25, 0.3) is 17.3 Å². The highest BCUT2D eigenvalue weighted by molar-refractivity contribution is 5.65. The molecule has 26 heavy (non-hydrogen) atoms. The van der Waals surface area contributed by atoms with E-state index in [0.717, 1.165) is 34.1 Å². The topological polar surface area (TPSA) is 51.1 Å². The highest BCUT2D eigenvalue weighted by atomic mass is 16.5. The van der Waals surface area contributed by atoms with Crippen LogP contribution in [0.3, 0.4) is 0 Å². The molecule has 0 fully saturated rings. The van der Waals surface area contributed by atoms with Gasteiger partial charge in [0.1, 0.15) is 18.2 Å². The van der Waals surface area contributed by atoms with Crippen molar-refractivity contribution in [1.82, 2.24) is 9.97 Å². The summed E-state index contributed by atoms with van der Waals surface area (Å²) in [5, 5.41) is 0. The first-order chi connectivity index (χ1) is 12.5. The molecule has 1 unspecified atom stereocenters. The molecule has 0 aliphatic heterocycles. The van der Waals surface area contributed by atoms with Gasteiger partial charge in [-0.2, -0.15) is 0 Å². The Bertz CT molecular complexity index is 887. The van der Waals surface area contributed by atoms with E-state index in [2.05, 4.69) is 42.8 Å². The Morgan fingerprint density at radius 2 is 2.08 bits per heavy atom. The van der Waals surface area contributed by atoms with Crippen molar-refractivity contribution in [3.63, 3.8) is 0 Å². The van der Waals surface area contributed by atoms with Crippen LogP contribution in [0, 0.1) is 6.92 Å². The van der Waals surface area contributed by atoms with E-state index >= 15 is 0 Å². The predicted octanol–water partition coefficient (Wildman–Crippen LogP) is 5.85. The Labute approximate surface area is 154 Å². The summed E-state index contributed by atoms with van der Waals surface area (Å²) in [6.45, 7) is 10.4. The molecule has 3 aromatic rings. The molecule has 2 heterocycles. The molecule has 0 saturated carbocycles. The number of allylic oxidation sites excluding steroid dienone is 2. The van der Waals surface area contributed by atoms with Crippen LogP contribution in [0.4, 0.5) is 0 Å². The van der Waals surface area contributed by atoms with Crippen LogP contribution in [-0.4, -0.2) is 9.97 Å². The van der Waals surface area contributed by atoms with E-state index in [1.165, 1.54) is 5.56 Å². The first-order valence-electron chi connectivity index (χ1n) is 8.67. The number of furan rings is 1. The van der Waals surface area contributed by atoms with E-state index in [-0.39, 0.29) is 6.10 Å². The second-order valence-electron chi connectivity index (χ2n) is 6.46. The number of nitrogens with one attached hydrogen (secondary N) is 1. The summed E-state index contributed by atoms with van der Waals surface area (Å²) < 4.78 is 11.3. The number of benzene rings is 1. The minimum absolute atomic E-state index is 0.157. The van der Waals surface area contributed by atoms with Gasteiger partial charge in [-0.25, -0.2) is 4.98 Å². The van der Waals surface area contributed by atoms with Gasteiger partial charge in [0.15, 0.2) is 0 Å². The van der Waals surface area contributed by atoms with Crippen molar-refractivity contribution in [1.29, 1.82) is 0 Å². The summed E-state index contributed by atoms with van der Waals surface area (Å²) in [7, 11) is 0. The molecule has 134 valence electrons. The fraction of sp³-hybridized carbons (Fsp3) is 0.227. The maximum atomic E-state index is 5.99. The van der Waals surface area contributed by atoms with Gasteiger partial charge in [-0.05, 0) is 39.0 Å². The van der Waals surface area contributed by atoms with Gasteiger partial charge in [0.2, 0.25) is 0 Å². The summed E-state index contributed by atoms with van der Waals surface area (Å²) >= 11 is 0. The zero-order valence-electron chi connectivity index (χ0n) is 15.5. The van der Waals surface area contributed by atoms with Crippen LogP contribution in [0.2, 0.25) is 0 Å². The maximum Gasteiger partial charge on any atom is 0.131 e. The molecule has 0 spiro atoms. The first-order valence-corrected chi connectivity index (χ1v) is 8.67. The lowest BCUT2D eigenvalue weighted by Gasteiger charge is -2.12. The second-order valence-corrected chi connectivity index (χ2v) is 6.46. The molecule has 0 saturated heterocycles. The van der Waals surface area contributed by atoms with Crippen LogP contribution < -0.4 is 0 Å². The summed E-state index contributed by atoms with van der Waals surface area (Å²) in [5.41, 5.74) is 5.10. The van der Waals surface area contributed by atoms with Gasteiger partial charge in [-0.1, -0.05) is 48.1 Å². The smallest absolute Gasteiger partial charge is 0.131 e. The third-order valence-corrected chi connectivity index (χ3v) is 4.06. The normalized spacial score (nSPS) is 12.6. The van der Waals surface area contributed by atoms with Crippen LogP contribution in [-0.2, 0) is 11.3 Å². The van der Waals surface area contributed by atoms with Gasteiger partial charge >= 0.3 is 0 Å².